The van der Waals surface area contributed by atoms with Gasteiger partial charge in [-0.15, -0.1) is 0 Å². The van der Waals surface area contributed by atoms with Gasteiger partial charge >= 0.3 is 0 Å². The van der Waals surface area contributed by atoms with E-state index in [1.165, 1.54) is 6.21 Å². The number of rotatable bonds is 7. The van der Waals surface area contributed by atoms with E-state index in [0.717, 1.165) is 5.75 Å². The third kappa shape index (κ3) is 5.20. The van der Waals surface area contributed by atoms with Crippen LogP contribution in [0.25, 0.3) is 0 Å². The highest BCUT2D eigenvalue weighted by molar-refractivity contribution is 6.30. The van der Waals surface area contributed by atoms with Crippen LogP contribution in [0.5, 0.6) is 5.75 Å². The summed E-state index contributed by atoms with van der Waals surface area (Å²) in [4.78, 5) is 17.3. The van der Waals surface area contributed by atoms with Gasteiger partial charge in [0.05, 0.1) is 18.0 Å². The number of nitrogens with zero attached hydrogens (tertiary/aromatic N) is 2. The van der Waals surface area contributed by atoms with Crippen LogP contribution in [0.3, 0.4) is 0 Å². The van der Waals surface area contributed by atoms with Crippen molar-refractivity contribution in [1.29, 1.82) is 0 Å². The van der Waals surface area contributed by atoms with Gasteiger partial charge in [-0.1, -0.05) is 22.8 Å². The van der Waals surface area contributed by atoms with Crippen LogP contribution in [0.15, 0.2) is 64.1 Å². The lowest BCUT2D eigenvalue weighted by atomic mass is 10.1. The van der Waals surface area contributed by atoms with Gasteiger partial charge in [0, 0.05) is 23.0 Å². The van der Waals surface area contributed by atoms with E-state index in [1.807, 2.05) is 31.2 Å². The fourth-order valence-electron chi connectivity index (χ4n) is 2.54. The van der Waals surface area contributed by atoms with Crippen LogP contribution in [-0.4, -0.2) is 23.9 Å². The van der Waals surface area contributed by atoms with Crippen LogP contribution in [0, 0.1) is 6.92 Å². The predicted octanol–water partition coefficient (Wildman–Crippen LogP) is 5.16. The Labute approximate surface area is 168 Å². The van der Waals surface area contributed by atoms with Crippen LogP contribution in [0.2, 0.25) is 5.02 Å². The summed E-state index contributed by atoms with van der Waals surface area (Å²) in [5.41, 5.74) is 1.97. The number of aliphatic imine (C=N–C) groups is 1. The number of hydrogen-bond donors (Lipinski definition) is 1. The normalized spacial score (nSPS) is 12.1. The number of aryl methyl sites for hydroxylation is 1. The van der Waals surface area contributed by atoms with Crippen molar-refractivity contribution in [3.63, 3.8) is 0 Å². The first-order valence-corrected chi connectivity index (χ1v) is 9.19. The van der Waals surface area contributed by atoms with E-state index in [4.69, 9.17) is 20.9 Å². The first-order valence-electron chi connectivity index (χ1n) is 8.82. The molecule has 2 aromatic carbocycles. The summed E-state index contributed by atoms with van der Waals surface area (Å²) in [6.45, 7) is 4.32. The summed E-state index contributed by atoms with van der Waals surface area (Å²) >= 11 is 5.99. The Hall–Kier alpha value is -3.12. The topological polar surface area (TPSA) is 76.7 Å². The van der Waals surface area contributed by atoms with Gasteiger partial charge in [0.2, 0.25) is 5.91 Å². The molecule has 0 radical (unpaired) electrons. The van der Waals surface area contributed by atoms with Crippen molar-refractivity contribution in [2.24, 2.45) is 4.99 Å². The highest BCUT2D eigenvalue weighted by Crippen LogP contribution is 2.23. The zero-order chi connectivity index (χ0) is 19.9. The molecule has 0 saturated heterocycles. The molecule has 3 aromatic rings. The molecule has 1 N–H and O–H groups in total. The van der Waals surface area contributed by atoms with Crippen molar-refractivity contribution < 1.29 is 14.1 Å². The Bertz CT molecular complexity index is 967. The van der Waals surface area contributed by atoms with Gasteiger partial charge < -0.3 is 14.6 Å². The molecule has 144 valence electrons. The Morgan fingerprint density at radius 2 is 2.07 bits per heavy atom. The Balaban J connectivity index is 1.81. The molecular formula is C21H20ClN3O3. The second kappa shape index (κ2) is 9.19. The van der Waals surface area contributed by atoms with Crippen molar-refractivity contribution in [3.05, 3.63) is 71.1 Å². The van der Waals surface area contributed by atoms with Gasteiger partial charge in [-0.25, -0.2) is 0 Å². The molecule has 28 heavy (non-hydrogen) atoms. The van der Waals surface area contributed by atoms with Gasteiger partial charge in [0.15, 0.2) is 5.76 Å². The first kappa shape index (κ1) is 19.6. The summed E-state index contributed by atoms with van der Waals surface area (Å²) in [5.74, 6) is 0.133. The number of benzene rings is 2. The van der Waals surface area contributed by atoms with E-state index < -0.39 is 5.92 Å². The molecule has 1 unspecified atom stereocenters. The molecule has 1 aromatic heterocycles. The van der Waals surface area contributed by atoms with E-state index >= 15 is 0 Å². The lowest BCUT2D eigenvalue weighted by Gasteiger charge is -2.10. The molecule has 0 aliphatic carbocycles. The molecule has 0 saturated carbocycles. The fraction of sp³-hybridized carbons (Fsp3) is 0.190. The number of hydrogen-bond acceptors (Lipinski definition) is 5. The van der Waals surface area contributed by atoms with Crippen molar-refractivity contribution >= 4 is 35.1 Å². The van der Waals surface area contributed by atoms with Gasteiger partial charge in [-0.2, -0.15) is 0 Å². The highest BCUT2D eigenvalue weighted by atomic mass is 35.5. The maximum Gasteiger partial charge on any atom is 0.240 e. The Morgan fingerprint density at radius 3 is 2.71 bits per heavy atom. The van der Waals surface area contributed by atoms with Crippen molar-refractivity contribution in [1.82, 2.24) is 5.16 Å². The average Bonchev–Trinajstić information content (AvgIpc) is 3.09. The lowest BCUT2D eigenvalue weighted by molar-refractivity contribution is -0.116. The molecule has 0 fully saturated rings. The molecule has 1 atom stereocenters. The van der Waals surface area contributed by atoms with Crippen LogP contribution in [0.1, 0.15) is 24.3 Å². The molecule has 6 nitrogen and oxygen atoms in total. The van der Waals surface area contributed by atoms with Crippen LogP contribution < -0.4 is 10.1 Å². The number of amides is 1. The molecule has 0 aliphatic rings. The number of nitrogens with one attached hydrogen (secondary N) is 1. The Kier molecular flexibility index (Phi) is 6.45. The average molecular weight is 398 g/mol. The van der Waals surface area contributed by atoms with E-state index in [1.54, 1.807) is 37.3 Å². The maximum atomic E-state index is 12.8. The molecule has 0 spiro atoms. The summed E-state index contributed by atoms with van der Waals surface area (Å²) in [5, 5.41) is 7.24. The lowest BCUT2D eigenvalue weighted by Crippen LogP contribution is -2.22. The monoisotopic (exact) mass is 397 g/mol. The molecular weight excluding hydrogens is 378 g/mol. The minimum atomic E-state index is -0.744. The quantitative estimate of drug-likeness (QED) is 0.558. The van der Waals surface area contributed by atoms with Crippen molar-refractivity contribution in [2.45, 2.75) is 19.8 Å². The predicted molar refractivity (Wildman–Crippen MR) is 110 cm³/mol. The fourth-order valence-corrected chi connectivity index (χ4v) is 2.73. The third-order valence-corrected chi connectivity index (χ3v) is 4.08. The zero-order valence-corrected chi connectivity index (χ0v) is 16.3. The smallest absolute Gasteiger partial charge is 0.240 e. The second-order valence-electron chi connectivity index (χ2n) is 6.05. The SMILES string of the molecule is CCOc1ccc(N=CC(C(=O)Nc2cccc(Cl)c2)c2cc(C)no2)cc1. The van der Waals surface area contributed by atoms with Crippen LogP contribution >= 0.6 is 11.6 Å². The van der Waals surface area contributed by atoms with Gasteiger partial charge in [0.1, 0.15) is 11.7 Å². The summed E-state index contributed by atoms with van der Waals surface area (Å²) < 4.78 is 10.7. The van der Waals surface area contributed by atoms with E-state index in [9.17, 15) is 4.79 Å². The zero-order valence-electron chi connectivity index (χ0n) is 15.6. The standard InChI is InChI=1S/C21H20ClN3O3/c1-3-27-18-9-7-16(8-10-18)23-13-19(20-11-14(2)25-28-20)21(26)24-17-6-4-5-15(22)12-17/h4-13,19H,3H2,1-2H3,(H,24,26). The molecule has 0 bridgehead atoms. The molecule has 1 amide bonds. The van der Waals surface area contributed by atoms with E-state index in [-0.39, 0.29) is 5.91 Å². The second-order valence-corrected chi connectivity index (χ2v) is 6.49. The largest absolute Gasteiger partial charge is 0.494 e. The van der Waals surface area contributed by atoms with Gasteiger partial charge in [-0.3, -0.25) is 9.79 Å². The van der Waals surface area contributed by atoms with Crippen LogP contribution in [0.4, 0.5) is 11.4 Å². The van der Waals surface area contributed by atoms with Gasteiger partial charge in [0.25, 0.3) is 0 Å². The van der Waals surface area contributed by atoms with Crippen molar-refractivity contribution in [3.8, 4) is 5.75 Å². The molecule has 7 heteroatoms. The number of carbonyl (C=O) groups is 1. The molecule has 0 aliphatic heterocycles. The van der Waals surface area contributed by atoms with Gasteiger partial charge in [-0.05, 0) is 56.3 Å². The molecule has 1 heterocycles. The first-order chi connectivity index (χ1) is 13.5. The summed E-state index contributed by atoms with van der Waals surface area (Å²) in [6, 6.07) is 15.9. The van der Waals surface area contributed by atoms with Crippen molar-refractivity contribution in [2.75, 3.05) is 11.9 Å². The molecule has 3 rings (SSSR count). The van der Waals surface area contributed by atoms with E-state index in [0.29, 0.717) is 34.5 Å². The summed E-state index contributed by atoms with van der Waals surface area (Å²) in [7, 11) is 0. The minimum Gasteiger partial charge on any atom is -0.494 e. The third-order valence-electron chi connectivity index (χ3n) is 3.85. The number of halogens is 1. The van der Waals surface area contributed by atoms with Crippen LogP contribution in [-0.2, 0) is 4.79 Å². The number of aromatic nitrogens is 1. The number of ether oxygens (including phenoxy) is 1. The highest BCUT2D eigenvalue weighted by Gasteiger charge is 2.23. The van der Waals surface area contributed by atoms with E-state index in [2.05, 4.69) is 15.5 Å². The summed E-state index contributed by atoms with van der Waals surface area (Å²) in [6.07, 6.45) is 1.54. The minimum absolute atomic E-state index is 0.298. The number of anilines is 1. The maximum absolute atomic E-state index is 12.8. The number of carbonyl (C=O) groups excluding carboxylic acids is 1. The Morgan fingerprint density at radius 1 is 1.29 bits per heavy atom.